The molecule has 1 fully saturated rings. The molecule has 1 aromatic rings. The van der Waals surface area contributed by atoms with Gasteiger partial charge in [-0.25, -0.2) is 0 Å². The number of halogens is 3. The first-order valence-electron chi connectivity index (χ1n) is 6.48. The molecule has 110 valence electrons. The van der Waals surface area contributed by atoms with Gasteiger partial charge in [-0.2, -0.15) is 13.2 Å². The van der Waals surface area contributed by atoms with E-state index >= 15 is 0 Å². The molecule has 1 saturated heterocycles. The van der Waals surface area contributed by atoms with Crippen molar-refractivity contribution in [1.82, 2.24) is 5.32 Å². The quantitative estimate of drug-likeness (QED) is 0.897. The highest BCUT2D eigenvalue weighted by atomic mass is 19.4. The molecule has 0 spiro atoms. The summed E-state index contributed by atoms with van der Waals surface area (Å²) in [5.41, 5.74) is 0.104. The van der Waals surface area contributed by atoms with Gasteiger partial charge in [-0.05, 0) is 43.0 Å². The van der Waals surface area contributed by atoms with Crippen LogP contribution in [0.1, 0.15) is 36.4 Å². The summed E-state index contributed by atoms with van der Waals surface area (Å²) in [6.45, 7) is 0.684. The Kier molecular flexibility index (Phi) is 4.32. The lowest BCUT2D eigenvalue weighted by Crippen LogP contribution is -2.32. The maximum absolute atomic E-state index is 12.5. The zero-order valence-electron chi connectivity index (χ0n) is 10.8. The molecule has 0 bridgehead atoms. The Morgan fingerprint density at radius 2 is 1.95 bits per heavy atom. The van der Waals surface area contributed by atoms with Crippen LogP contribution in [0.25, 0.3) is 0 Å². The van der Waals surface area contributed by atoms with E-state index in [2.05, 4.69) is 5.32 Å². The molecule has 1 aliphatic rings. The number of aliphatic carboxylic acids is 1. The lowest BCUT2D eigenvalue weighted by atomic mass is 9.86. The van der Waals surface area contributed by atoms with Crippen LogP contribution in [0.2, 0.25) is 0 Å². The number of hydrogen-bond donors (Lipinski definition) is 2. The molecule has 2 rings (SSSR count). The van der Waals surface area contributed by atoms with E-state index in [0.717, 1.165) is 24.1 Å². The number of piperidine rings is 1. The van der Waals surface area contributed by atoms with Crippen molar-refractivity contribution < 1.29 is 23.1 Å². The van der Waals surface area contributed by atoms with Gasteiger partial charge in [-0.15, -0.1) is 0 Å². The summed E-state index contributed by atoms with van der Waals surface area (Å²) in [6.07, 6.45) is -2.80. The van der Waals surface area contributed by atoms with Gasteiger partial charge in [-0.3, -0.25) is 4.79 Å². The second kappa shape index (κ2) is 5.83. The average Bonchev–Trinajstić information content (AvgIpc) is 2.37. The number of nitrogens with one attached hydrogen (secondary N) is 1. The van der Waals surface area contributed by atoms with Gasteiger partial charge in [0.15, 0.2) is 0 Å². The zero-order valence-corrected chi connectivity index (χ0v) is 10.8. The summed E-state index contributed by atoms with van der Waals surface area (Å²) >= 11 is 0. The fourth-order valence-corrected chi connectivity index (χ4v) is 2.59. The van der Waals surface area contributed by atoms with E-state index in [4.69, 9.17) is 5.11 Å². The van der Waals surface area contributed by atoms with E-state index in [9.17, 15) is 18.0 Å². The first kappa shape index (κ1) is 14.8. The van der Waals surface area contributed by atoms with E-state index < -0.39 is 17.7 Å². The Hall–Kier alpha value is -1.56. The van der Waals surface area contributed by atoms with Crippen molar-refractivity contribution in [1.29, 1.82) is 0 Å². The first-order chi connectivity index (χ1) is 9.36. The molecule has 0 amide bonds. The van der Waals surface area contributed by atoms with Gasteiger partial charge in [0.2, 0.25) is 0 Å². The number of hydrogen-bond acceptors (Lipinski definition) is 2. The smallest absolute Gasteiger partial charge is 0.416 e. The molecule has 1 aromatic carbocycles. The highest BCUT2D eigenvalue weighted by Crippen LogP contribution is 2.32. The highest BCUT2D eigenvalue weighted by Gasteiger charge is 2.31. The average molecular weight is 287 g/mol. The van der Waals surface area contributed by atoms with Crippen LogP contribution in [0.4, 0.5) is 13.2 Å². The van der Waals surface area contributed by atoms with Crippen molar-refractivity contribution in [3.05, 3.63) is 35.4 Å². The maximum atomic E-state index is 12.5. The van der Waals surface area contributed by atoms with Crippen molar-refractivity contribution in [2.24, 2.45) is 5.92 Å². The predicted octanol–water partition coefficient (Wildman–Crippen LogP) is 3.22. The summed E-state index contributed by atoms with van der Waals surface area (Å²) in [4.78, 5) is 10.7. The van der Waals surface area contributed by atoms with Crippen molar-refractivity contribution in [2.45, 2.75) is 31.5 Å². The van der Waals surface area contributed by atoms with Crippen LogP contribution in [0.15, 0.2) is 24.3 Å². The third kappa shape index (κ3) is 3.72. The Bertz CT molecular complexity index is 470. The van der Waals surface area contributed by atoms with Gasteiger partial charge in [-0.1, -0.05) is 12.1 Å². The molecule has 0 aromatic heterocycles. The van der Waals surface area contributed by atoms with E-state index in [-0.39, 0.29) is 18.4 Å². The number of carboxylic acids is 1. The predicted molar refractivity (Wildman–Crippen MR) is 67.2 cm³/mol. The molecular weight excluding hydrogens is 271 g/mol. The molecule has 0 radical (unpaired) electrons. The number of rotatable bonds is 3. The standard InChI is InChI=1S/C14H16F3NO2/c15-14(16,17)11-3-1-10(2-4-11)12-7-9(5-6-18-12)8-13(19)20/h1-4,9,12,18H,5-8H2,(H,19,20)/t9-,12+/m1/s1. The van der Waals surface area contributed by atoms with Gasteiger partial charge in [0.25, 0.3) is 0 Å². The van der Waals surface area contributed by atoms with E-state index in [1.807, 2.05) is 0 Å². The second-order valence-electron chi connectivity index (χ2n) is 5.11. The first-order valence-corrected chi connectivity index (χ1v) is 6.48. The highest BCUT2D eigenvalue weighted by molar-refractivity contribution is 5.67. The third-order valence-electron chi connectivity index (χ3n) is 3.62. The molecule has 0 aliphatic carbocycles. The van der Waals surface area contributed by atoms with Gasteiger partial charge in [0.1, 0.15) is 0 Å². The van der Waals surface area contributed by atoms with E-state index in [0.29, 0.717) is 13.0 Å². The lowest BCUT2D eigenvalue weighted by molar-refractivity contribution is -0.139. The molecule has 1 aliphatic heterocycles. The Morgan fingerprint density at radius 3 is 2.50 bits per heavy atom. The van der Waals surface area contributed by atoms with Gasteiger partial charge in [0, 0.05) is 12.5 Å². The van der Waals surface area contributed by atoms with Crippen LogP contribution in [-0.4, -0.2) is 17.6 Å². The maximum Gasteiger partial charge on any atom is 0.416 e. The normalized spacial score (nSPS) is 23.6. The van der Waals surface area contributed by atoms with Gasteiger partial charge in [0.05, 0.1) is 5.56 Å². The summed E-state index contributed by atoms with van der Waals surface area (Å²) in [7, 11) is 0. The molecule has 3 nitrogen and oxygen atoms in total. The molecule has 20 heavy (non-hydrogen) atoms. The number of benzene rings is 1. The molecule has 0 saturated carbocycles. The topological polar surface area (TPSA) is 49.3 Å². The second-order valence-corrected chi connectivity index (χ2v) is 5.11. The molecule has 2 atom stereocenters. The summed E-state index contributed by atoms with van der Waals surface area (Å²) in [6, 6.07) is 4.98. The van der Waals surface area contributed by atoms with Gasteiger partial charge >= 0.3 is 12.1 Å². The van der Waals surface area contributed by atoms with Crippen molar-refractivity contribution >= 4 is 5.97 Å². The summed E-state index contributed by atoms with van der Waals surface area (Å²) < 4.78 is 37.5. The van der Waals surface area contributed by atoms with Crippen LogP contribution in [0, 0.1) is 5.92 Å². The Morgan fingerprint density at radius 1 is 1.30 bits per heavy atom. The fraction of sp³-hybridized carbons (Fsp3) is 0.500. The molecule has 6 heteroatoms. The van der Waals surface area contributed by atoms with E-state index in [1.54, 1.807) is 0 Å². The fourth-order valence-electron chi connectivity index (χ4n) is 2.59. The number of carboxylic acid groups (broad SMARTS) is 1. The Labute approximate surface area is 114 Å². The molecule has 0 unspecified atom stereocenters. The van der Waals surface area contributed by atoms with Crippen molar-refractivity contribution in [2.75, 3.05) is 6.54 Å². The monoisotopic (exact) mass is 287 g/mol. The SMILES string of the molecule is O=C(O)C[C@@H]1CCN[C@H](c2ccc(C(F)(F)F)cc2)C1. The summed E-state index contributed by atoms with van der Waals surface area (Å²) in [5, 5.41) is 12.0. The van der Waals surface area contributed by atoms with Crippen LogP contribution in [0.3, 0.4) is 0 Å². The van der Waals surface area contributed by atoms with Crippen LogP contribution < -0.4 is 5.32 Å². The molecule has 2 N–H and O–H groups in total. The Balaban J connectivity index is 2.05. The van der Waals surface area contributed by atoms with Crippen molar-refractivity contribution in [3.63, 3.8) is 0 Å². The largest absolute Gasteiger partial charge is 0.481 e. The van der Waals surface area contributed by atoms with E-state index in [1.165, 1.54) is 12.1 Å². The van der Waals surface area contributed by atoms with Crippen molar-refractivity contribution in [3.8, 4) is 0 Å². The van der Waals surface area contributed by atoms with Gasteiger partial charge < -0.3 is 10.4 Å². The number of carbonyl (C=O) groups is 1. The minimum absolute atomic E-state index is 0.0704. The number of alkyl halides is 3. The molecular formula is C14H16F3NO2. The minimum Gasteiger partial charge on any atom is -0.481 e. The van der Waals surface area contributed by atoms with Crippen LogP contribution in [0.5, 0.6) is 0 Å². The van der Waals surface area contributed by atoms with Crippen LogP contribution in [-0.2, 0) is 11.0 Å². The molecule has 1 heterocycles. The lowest BCUT2D eigenvalue weighted by Gasteiger charge is -2.30. The zero-order chi connectivity index (χ0) is 14.8. The van der Waals surface area contributed by atoms with Crippen LogP contribution >= 0.6 is 0 Å². The summed E-state index contributed by atoms with van der Waals surface area (Å²) in [5.74, 6) is -0.760. The third-order valence-corrected chi connectivity index (χ3v) is 3.62. The minimum atomic E-state index is -4.33.